The van der Waals surface area contributed by atoms with Crippen molar-refractivity contribution in [3.05, 3.63) is 88.4 Å². The van der Waals surface area contributed by atoms with Crippen LogP contribution in [-0.2, 0) is 14.8 Å². The molecule has 0 heterocycles. The SMILES string of the molecule is Cc1ccc(S(=O)(=O)N(CC(=O)N/N=C\c2ccc(N(C)C)cc2)c2ccc(C)c(Cl)c2)cc1. The van der Waals surface area contributed by atoms with E-state index in [2.05, 4.69) is 10.5 Å². The lowest BCUT2D eigenvalue weighted by Crippen LogP contribution is -2.39. The summed E-state index contributed by atoms with van der Waals surface area (Å²) in [5.41, 5.74) is 6.25. The Morgan fingerprint density at radius 2 is 1.59 bits per heavy atom. The highest BCUT2D eigenvalue weighted by atomic mass is 35.5. The zero-order valence-electron chi connectivity index (χ0n) is 19.5. The number of hydrogen-bond acceptors (Lipinski definition) is 5. The molecule has 0 aliphatic carbocycles. The number of halogens is 1. The van der Waals surface area contributed by atoms with E-state index in [-0.39, 0.29) is 10.6 Å². The van der Waals surface area contributed by atoms with Crippen molar-refractivity contribution in [3.63, 3.8) is 0 Å². The fourth-order valence-electron chi connectivity index (χ4n) is 3.09. The van der Waals surface area contributed by atoms with Gasteiger partial charge in [-0.3, -0.25) is 9.10 Å². The van der Waals surface area contributed by atoms with E-state index in [9.17, 15) is 13.2 Å². The van der Waals surface area contributed by atoms with Crippen molar-refractivity contribution in [2.24, 2.45) is 5.10 Å². The molecule has 3 aromatic carbocycles. The predicted octanol–water partition coefficient (Wildman–Crippen LogP) is 4.37. The Balaban J connectivity index is 1.82. The van der Waals surface area contributed by atoms with Crippen LogP contribution in [-0.4, -0.2) is 41.2 Å². The minimum atomic E-state index is -4.03. The lowest BCUT2D eigenvalue weighted by molar-refractivity contribution is -0.119. The molecule has 178 valence electrons. The zero-order valence-corrected chi connectivity index (χ0v) is 21.1. The van der Waals surface area contributed by atoms with Gasteiger partial charge in [0.1, 0.15) is 6.54 Å². The molecule has 0 aromatic heterocycles. The number of nitrogens with zero attached hydrogens (tertiary/aromatic N) is 3. The Morgan fingerprint density at radius 3 is 2.18 bits per heavy atom. The summed E-state index contributed by atoms with van der Waals surface area (Å²) in [7, 11) is -0.138. The summed E-state index contributed by atoms with van der Waals surface area (Å²) in [6, 6.07) is 18.9. The van der Waals surface area contributed by atoms with E-state index < -0.39 is 22.5 Å². The van der Waals surface area contributed by atoms with Gasteiger partial charge in [-0.15, -0.1) is 0 Å². The second kappa shape index (κ2) is 10.7. The molecule has 3 rings (SSSR count). The van der Waals surface area contributed by atoms with Crippen molar-refractivity contribution in [2.45, 2.75) is 18.7 Å². The summed E-state index contributed by atoms with van der Waals surface area (Å²) in [5.74, 6) is -0.589. The van der Waals surface area contributed by atoms with Gasteiger partial charge in [0.05, 0.1) is 16.8 Å². The number of nitrogens with one attached hydrogen (secondary N) is 1. The number of benzene rings is 3. The molecule has 1 amide bonds. The number of hydrogen-bond donors (Lipinski definition) is 1. The van der Waals surface area contributed by atoms with Crippen LogP contribution < -0.4 is 14.6 Å². The first-order valence-electron chi connectivity index (χ1n) is 10.5. The molecule has 34 heavy (non-hydrogen) atoms. The summed E-state index contributed by atoms with van der Waals surface area (Å²) >= 11 is 6.24. The first-order chi connectivity index (χ1) is 16.1. The number of amides is 1. The first-order valence-corrected chi connectivity index (χ1v) is 12.3. The molecule has 0 saturated carbocycles. The largest absolute Gasteiger partial charge is 0.378 e. The van der Waals surface area contributed by atoms with Crippen LogP contribution >= 0.6 is 11.6 Å². The van der Waals surface area contributed by atoms with Gasteiger partial charge in [-0.1, -0.05) is 47.5 Å². The van der Waals surface area contributed by atoms with Crippen molar-refractivity contribution in [2.75, 3.05) is 29.8 Å². The van der Waals surface area contributed by atoms with Crippen LogP contribution in [0, 0.1) is 13.8 Å². The molecule has 0 fully saturated rings. The van der Waals surface area contributed by atoms with E-state index in [1.165, 1.54) is 24.4 Å². The average Bonchev–Trinajstić information content (AvgIpc) is 2.80. The minimum Gasteiger partial charge on any atom is -0.378 e. The van der Waals surface area contributed by atoms with Crippen LogP contribution in [0.15, 0.2) is 76.7 Å². The zero-order chi connectivity index (χ0) is 24.9. The fourth-order valence-corrected chi connectivity index (χ4v) is 4.68. The van der Waals surface area contributed by atoms with Gasteiger partial charge in [0.25, 0.3) is 15.9 Å². The van der Waals surface area contributed by atoms with Crippen LogP contribution in [0.3, 0.4) is 0 Å². The van der Waals surface area contributed by atoms with E-state index in [1.807, 2.05) is 57.1 Å². The van der Waals surface area contributed by atoms with Gasteiger partial charge in [0.2, 0.25) is 0 Å². The Kier molecular flexibility index (Phi) is 7.96. The summed E-state index contributed by atoms with van der Waals surface area (Å²) in [4.78, 5) is 14.7. The Bertz CT molecular complexity index is 1290. The predicted molar refractivity (Wildman–Crippen MR) is 138 cm³/mol. The summed E-state index contributed by atoms with van der Waals surface area (Å²) < 4.78 is 27.9. The van der Waals surface area contributed by atoms with Gasteiger partial charge in [-0.2, -0.15) is 5.10 Å². The maximum Gasteiger partial charge on any atom is 0.264 e. The molecular weight excluding hydrogens is 472 g/mol. The second-order valence-electron chi connectivity index (χ2n) is 8.04. The summed E-state index contributed by atoms with van der Waals surface area (Å²) in [6.45, 7) is 3.22. The minimum absolute atomic E-state index is 0.0760. The molecule has 0 bridgehead atoms. The number of sulfonamides is 1. The Morgan fingerprint density at radius 1 is 0.971 bits per heavy atom. The molecule has 0 unspecified atom stereocenters. The van der Waals surface area contributed by atoms with Gasteiger partial charge in [-0.05, 0) is 61.4 Å². The van der Waals surface area contributed by atoms with Crippen LogP contribution in [0.4, 0.5) is 11.4 Å². The number of aryl methyl sites for hydroxylation is 2. The van der Waals surface area contributed by atoms with Crippen molar-refractivity contribution in [1.82, 2.24) is 5.43 Å². The molecule has 0 radical (unpaired) electrons. The van der Waals surface area contributed by atoms with Crippen LogP contribution in [0.1, 0.15) is 16.7 Å². The highest BCUT2D eigenvalue weighted by Crippen LogP contribution is 2.28. The van der Waals surface area contributed by atoms with E-state index in [4.69, 9.17) is 11.6 Å². The molecule has 0 saturated heterocycles. The molecule has 0 atom stereocenters. The number of anilines is 2. The van der Waals surface area contributed by atoms with Crippen molar-refractivity contribution >= 4 is 45.1 Å². The van der Waals surface area contributed by atoms with E-state index in [0.29, 0.717) is 5.02 Å². The smallest absolute Gasteiger partial charge is 0.264 e. The van der Waals surface area contributed by atoms with Gasteiger partial charge in [0, 0.05) is 24.8 Å². The van der Waals surface area contributed by atoms with E-state index in [0.717, 1.165) is 26.7 Å². The molecule has 0 aliphatic heterocycles. The first kappa shape index (κ1) is 25.3. The third kappa shape index (κ3) is 6.15. The van der Waals surface area contributed by atoms with Gasteiger partial charge in [0.15, 0.2) is 0 Å². The highest BCUT2D eigenvalue weighted by Gasteiger charge is 2.27. The van der Waals surface area contributed by atoms with Crippen molar-refractivity contribution in [1.29, 1.82) is 0 Å². The highest BCUT2D eigenvalue weighted by molar-refractivity contribution is 7.92. The molecule has 1 N–H and O–H groups in total. The maximum atomic E-state index is 13.4. The lowest BCUT2D eigenvalue weighted by atomic mass is 10.2. The number of rotatable bonds is 8. The molecule has 9 heteroatoms. The molecular formula is C25H27ClN4O3S. The summed E-state index contributed by atoms with van der Waals surface area (Å²) in [6.07, 6.45) is 1.50. The summed E-state index contributed by atoms with van der Waals surface area (Å²) in [5, 5.41) is 4.38. The second-order valence-corrected chi connectivity index (χ2v) is 10.3. The third-order valence-electron chi connectivity index (χ3n) is 5.15. The topological polar surface area (TPSA) is 82.1 Å². The number of hydrazone groups is 1. The van der Waals surface area contributed by atoms with Crippen LogP contribution in [0.5, 0.6) is 0 Å². The van der Waals surface area contributed by atoms with Gasteiger partial charge in [-0.25, -0.2) is 13.8 Å². The quantitative estimate of drug-likeness (QED) is 0.369. The maximum absolute atomic E-state index is 13.4. The van der Waals surface area contributed by atoms with E-state index in [1.54, 1.807) is 24.3 Å². The molecule has 7 nitrogen and oxygen atoms in total. The fraction of sp³-hybridized carbons (Fsp3) is 0.200. The number of carbonyl (C=O) groups is 1. The molecule has 0 spiro atoms. The van der Waals surface area contributed by atoms with Crippen molar-refractivity contribution < 1.29 is 13.2 Å². The van der Waals surface area contributed by atoms with Gasteiger partial charge < -0.3 is 4.90 Å². The third-order valence-corrected chi connectivity index (χ3v) is 7.35. The molecule has 3 aromatic rings. The average molecular weight is 499 g/mol. The van der Waals surface area contributed by atoms with Crippen LogP contribution in [0.25, 0.3) is 0 Å². The van der Waals surface area contributed by atoms with Crippen molar-refractivity contribution in [3.8, 4) is 0 Å². The van der Waals surface area contributed by atoms with Gasteiger partial charge >= 0.3 is 0 Å². The standard InChI is InChI=1S/C25H27ClN4O3S/c1-18-5-13-23(14-6-18)34(32,33)30(22-10-7-19(2)24(26)15-22)17-25(31)28-27-16-20-8-11-21(12-9-20)29(3)4/h5-16H,17H2,1-4H3,(H,28,31)/b27-16-. The monoisotopic (exact) mass is 498 g/mol. The Hall–Kier alpha value is -3.36. The van der Waals surface area contributed by atoms with E-state index >= 15 is 0 Å². The molecule has 0 aliphatic rings. The number of carbonyl (C=O) groups excluding carboxylic acids is 1. The Labute approximate surface area is 205 Å². The normalized spacial score (nSPS) is 11.4. The van der Waals surface area contributed by atoms with Crippen LogP contribution in [0.2, 0.25) is 5.02 Å². The lowest BCUT2D eigenvalue weighted by Gasteiger charge is -2.24.